The van der Waals surface area contributed by atoms with Gasteiger partial charge in [0.25, 0.3) is 5.91 Å². The summed E-state index contributed by atoms with van der Waals surface area (Å²) in [7, 11) is 0. The number of carbonyl (C=O) groups excluding carboxylic acids is 1. The average Bonchev–Trinajstić information content (AvgIpc) is 2.84. The first-order valence-electron chi connectivity index (χ1n) is 4.92. The van der Waals surface area contributed by atoms with Gasteiger partial charge in [0.1, 0.15) is 11.5 Å². The van der Waals surface area contributed by atoms with Crippen LogP contribution < -0.4 is 11.1 Å². The van der Waals surface area contributed by atoms with Crippen LogP contribution in [-0.2, 0) is 4.74 Å². The van der Waals surface area contributed by atoms with E-state index in [0.717, 1.165) is 19.6 Å². The summed E-state index contributed by atoms with van der Waals surface area (Å²) in [5.41, 5.74) is 5.79. The Morgan fingerprint density at radius 1 is 1.80 bits per heavy atom. The normalized spacial score (nSPS) is 20.4. The fraction of sp³-hybridized carbons (Fsp3) is 0.556. The maximum Gasteiger partial charge on any atom is 0.269 e. The Morgan fingerprint density at radius 3 is 3.27 bits per heavy atom. The van der Waals surface area contributed by atoms with Crippen LogP contribution in [0.15, 0.2) is 6.07 Å². The van der Waals surface area contributed by atoms with Crippen molar-refractivity contribution in [2.45, 2.75) is 6.42 Å². The van der Waals surface area contributed by atoms with Crippen LogP contribution in [0.25, 0.3) is 0 Å². The Hall–Kier alpha value is -1.56. The zero-order chi connectivity index (χ0) is 10.7. The second-order valence-corrected chi connectivity index (χ2v) is 3.65. The molecular weight excluding hydrogens is 196 g/mol. The predicted molar refractivity (Wildman–Crippen MR) is 54.3 cm³/mol. The standard InChI is InChI=1S/C9H14N4O2/c10-8-3-7(12-13-8)9(14)11-4-6-1-2-15-5-6/h3,6H,1-2,4-5H2,(H,11,14)(H3,10,12,13)/t6-/m1/s1. The van der Waals surface area contributed by atoms with Crippen LogP contribution in [0.4, 0.5) is 5.82 Å². The third kappa shape index (κ3) is 2.47. The molecule has 2 heterocycles. The molecule has 6 heteroatoms. The maximum atomic E-state index is 11.5. The van der Waals surface area contributed by atoms with E-state index in [2.05, 4.69) is 15.5 Å². The topological polar surface area (TPSA) is 93.0 Å². The van der Waals surface area contributed by atoms with Gasteiger partial charge in [-0.05, 0) is 6.42 Å². The smallest absolute Gasteiger partial charge is 0.269 e. The van der Waals surface area contributed by atoms with E-state index >= 15 is 0 Å². The first kappa shape index (κ1) is 9.97. The number of rotatable bonds is 3. The van der Waals surface area contributed by atoms with Gasteiger partial charge < -0.3 is 15.8 Å². The monoisotopic (exact) mass is 210 g/mol. The van der Waals surface area contributed by atoms with Gasteiger partial charge in [0.2, 0.25) is 0 Å². The van der Waals surface area contributed by atoms with Crippen LogP contribution in [0.1, 0.15) is 16.9 Å². The van der Waals surface area contributed by atoms with E-state index in [1.165, 1.54) is 6.07 Å². The number of amides is 1. The predicted octanol–water partition coefficient (Wildman–Crippen LogP) is -0.242. The number of hydrogen-bond donors (Lipinski definition) is 3. The second kappa shape index (κ2) is 4.31. The lowest BCUT2D eigenvalue weighted by molar-refractivity contribution is 0.0940. The molecule has 0 aromatic carbocycles. The third-order valence-corrected chi connectivity index (χ3v) is 2.42. The van der Waals surface area contributed by atoms with Crippen molar-refractivity contribution < 1.29 is 9.53 Å². The van der Waals surface area contributed by atoms with Crippen molar-refractivity contribution in [2.75, 3.05) is 25.5 Å². The SMILES string of the molecule is Nc1cc(C(=O)NC[C@H]2CCOC2)[nH]n1. The lowest BCUT2D eigenvalue weighted by atomic mass is 10.1. The highest BCUT2D eigenvalue weighted by Crippen LogP contribution is 2.10. The van der Waals surface area contributed by atoms with Crippen LogP contribution in [0, 0.1) is 5.92 Å². The Balaban J connectivity index is 1.81. The van der Waals surface area contributed by atoms with E-state index in [4.69, 9.17) is 10.5 Å². The van der Waals surface area contributed by atoms with E-state index in [1.807, 2.05) is 0 Å². The van der Waals surface area contributed by atoms with Crippen LogP contribution in [0.3, 0.4) is 0 Å². The number of nitrogens with two attached hydrogens (primary N) is 1. The molecule has 1 aromatic heterocycles. The summed E-state index contributed by atoms with van der Waals surface area (Å²) in [6.07, 6.45) is 1.01. The summed E-state index contributed by atoms with van der Waals surface area (Å²) in [4.78, 5) is 11.5. The van der Waals surface area contributed by atoms with Gasteiger partial charge in [-0.1, -0.05) is 0 Å². The lowest BCUT2D eigenvalue weighted by Gasteiger charge is -2.07. The van der Waals surface area contributed by atoms with Gasteiger partial charge in [0, 0.05) is 25.1 Å². The number of nitrogens with one attached hydrogen (secondary N) is 2. The molecule has 82 valence electrons. The minimum Gasteiger partial charge on any atom is -0.382 e. The van der Waals surface area contributed by atoms with Crippen LogP contribution in [0.2, 0.25) is 0 Å². The van der Waals surface area contributed by atoms with E-state index in [1.54, 1.807) is 0 Å². The highest BCUT2D eigenvalue weighted by Gasteiger charge is 2.17. The number of aromatic nitrogens is 2. The molecule has 0 bridgehead atoms. The van der Waals surface area contributed by atoms with E-state index in [9.17, 15) is 4.79 Å². The second-order valence-electron chi connectivity index (χ2n) is 3.65. The zero-order valence-electron chi connectivity index (χ0n) is 8.32. The Morgan fingerprint density at radius 2 is 2.67 bits per heavy atom. The molecule has 1 fully saturated rings. The van der Waals surface area contributed by atoms with Crippen molar-refractivity contribution in [3.8, 4) is 0 Å². The number of carbonyl (C=O) groups is 1. The van der Waals surface area contributed by atoms with Crippen molar-refractivity contribution in [3.63, 3.8) is 0 Å². The number of ether oxygens (including phenoxy) is 1. The van der Waals surface area contributed by atoms with Crippen molar-refractivity contribution in [1.82, 2.24) is 15.5 Å². The molecule has 0 saturated carbocycles. The summed E-state index contributed by atoms with van der Waals surface area (Å²) in [5.74, 6) is 0.574. The van der Waals surface area contributed by atoms with E-state index in [-0.39, 0.29) is 5.91 Å². The number of H-pyrrole nitrogens is 1. The van der Waals surface area contributed by atoms with Gasteiger partial charge in [0.15, 0.2) is 0 Å². The van der Waals surface area contributed by atoms with Crippen molar-refractivity contribution in [2.24, 2.45) is 5.92 Å². The molecule has 1 saturated heterocycles. The quantitative estimate of drug-likeness (QED) is 0.641. The van der Waals surface area contributed by atoms with Gasteiger partial charge in [0.05, 0.1) is 6.61 Å². The van der Waals surface area contributed by atoms with Gasteiger partial charge in [-0.3, -0.25) is 9.89 Å². The molecule has 6 nitrogen and oxygen atoms in total. The molecular formula is C9H14N4O2. The van der Waals surface area contributed by atoms with Gasteiger partial charge in [-0.2, -0.15) is 5.10 Å². The number of nitrogen functional groups attached to an aromatic ring is 1. The third-order valence-electron chi connectivity index (χ3n) is 2.42. The van der Waals surface area contributed by atoms with Gasteiger partial charge in [-0.25, -0.2) is 0 Å². The highest BCUT2D eigenvalue weighted by atomic mass is 16.5. The largest absolute Gasteiger partial charge is 0.382 e. The summed E-state index contributed by atoms with van der Waals surface area (Å²) < 4.78 is 5.21. The van der Waals surface area contributed by atoms with Crippen LogP contribution in [-0.4, -0.2) is 35.9 Å². The number of hydrogen-bond acceptors (Lipinski definition) is 4. The molecule has 15 heavy (non-hydrogen) atoms. The van der Waals surface area contributed by atoms with Crippen molar-refractivity contribution >= 4 is 11.7 Å². The average molecular weight is 210 g/mol. The molecule has 4 N–H and O–H groups in total. The summed E-state index contributed by atoms with van der Waals surface area (Å²) in [5, 5.41) is 9.06. The molecule has 1 atom stereocenters. The molecule has 0 spiro atoms. The van der Waals surface area contributed by atoms with Gasteiger partial charge in [-0.15, -0.1) is 0 Å². The number of aromatic amines is 1. The molecule has 1 amide bonds. The van der Waals surface area contributed by atoms with Crippen LogP contribution in [0.5, 0.6) is 0 Å². The molecule has 2 rings (SSSR count). The first-order valence-corrected chi connectivity index (χ1v) is 4.92. The summed E-state index contributed by atoms with van der Waals surface area (Å²) >= 11 is 0. The fourth-order valence-electron chi connectivity index (χ4n) is 1.53. The molecule has 1 aromatic rings. The highest BCUT2D eigenvalue weighted by molar-refractivity contribution is 5.92. The minimum atomic E-state index is -0.175. The lowest BCUT2D eigenvalue weighted by Crippen LogP contribution is -2.29. The molecule has 1 aliphatic heterocycles. The Kier molecular flexibility index (Phi) is 2.86. The number of anilines is 1. The van der Waals surface area contributed by atoms with Crippen molar-refractivity contribution in [1.29, 1.82) is 0 Å². The maximum absolute atomic E-state index is 11.5. The Labute approximate surface area is 87.2 Å². The zero-order valence-corrected chi connectivity index (χ0v) is 8.32. The molecule has 0 aliphatic carbocycles. The van der Waals surface area contributed by atoms with Gasteiger partial charge >= 0.3 is 0 Å². The van der Waals surface area contributed by atoms with E-state index < -0.39 is 0 Å². The fourth-order valence-corrected chi connectivity index (χ4v) is 1.53. The molecule has 0 unspecified atom stereocenters. The summed E-state index contributed by atoms with van der Waals surface area (Å²) in [6, 6.07) is 1.51. The summed E-state index contributed by atoms with van der Waals surface area (Å²) in [6.45, 7) is 2.15. The Bertz CT molecular complexity index is 344. The minimum absolute atomic E-state index is 0.175. The van der Waals surface area contributed by atoms with E-state index in [0.29, 0.717) is 24.0 Å². The molecule has 0 radical (unpaired) electrons. The van der Waals surface area contributed by atoms with Crippen molar-refractivity contribution in [3.05, 3.63) is 11.8 Å². The molecule has 1 aliphatic rings. The first-order chi connectivity index (χ1) is 7.25. The van der Waals surface area contributed by atoms with Crippen LogP contribution >= 0.6 is 0 Å². The number of nitrogens with zero attached hydrogens (tertiary/aromatic N) is 1.